The first-order valence-corrected chi connectivity index (χ1v) is 5.14. The van der Waals surface area contributed by atoms with E-state index in [1.54, 1.807) is 0 Å². The van der Waals surface area contributed by atoms with Crippen molar-refractivity contribution in [2.45, 2.75) is 4.90 Å². The van der Waals surface area contributed by atoms with Crippen molar-refractivity contribution < 1.29 is 0 Å². The molecule has 2 rings (SSSR count). The summed E-state index contributed by atoms with van der Waals surface area (Å²) in [5.74, 6) is 0. The minimum atomic E-state index is 0.758. The molecule has 0 aliphatic carbocycles. The second-order valence-electron chi connectivity index (χ2n) is 3.03. The Morgan fingerprint density at radius 1 is 0.929 bits per heavy atom. The van der Waals surface area contributed by atoms with Crippen LogP contribution < -0.4 is 0 Å². The third-order valence-corrected chi connectivity index (χ3v) is 2.64. The van der Waals surface area contributed by atoms with E-state index in [2.05, 4.69) is 12.6 Å². The van der Waals surface area contributed by atoms with Gasteiger partial charge in [0.15, 0.2) is 0 Å². The van der Waals surface area contributed by atoms with Crippen LogP contribution in [0.15, 0.2) is 53.4 Å². The van der Waals surface area contributed by atoms with Crippen LogP contribution in [0.2, 0.25) is 5.02 Å². The molecule has 2 aromatic carbocycles. The highest BCUT2D eigenvalue weighted by molar-refractivity contribution is 7.80. The molecule has 2 heteroatoms. The Bertz CT molecular complexity index is 437. The Balaban J connectivity index is 2.57. The lowest BCUT2D eigenvalue weighted by atomic mass is 10.1. The van der Waals surface area contributed by atoms with Gasteiger partial charge in [0, 0.05) is 15.5 Å². The Morgan fingerprint density at radius 3 is 2.36 bits per heavy atom. The van der Waals surface area contributed by atoms with Gasteiger partial charge in [0.2, 0.25) is 0 Å². The van der Waals surface area contributed by atoms with E-state index in [9.17, 15) is 0 Å². The number of benzene rings is 2. The van der Waals surface area contributed by atoms with Gasteiger partial charge >= 0.3 is 0 Å². The zero-order chi connectivity index (χ0) is 9.97. The van der Waals surface area contributed by atoms with Crippen LogP contribution in [-0.2, 0) is 0 Å². The summed E-state index contributed by atoms with van der Waals surface area (Å²) in [4.78, 5) is 0.924. The fraction of sp³-hybridized carbons (Fsp3) is 0. The summed E-state index contributed by atoms with van der Waals surface area (Å²) in [6.45, 7) is 0. The molecular weight excluding hydrogens is 212 g/mol. The maximum atomic E-state index is 6.10. The molecule has 0 spiro atoms. The molecule has 0 atom stereocenters. The Morgan fingerprint density at radius 2 is 1.64 bits per heavy atom. The second kappa shape index (κ2) is 4.07. The number of halogens is 1. The lowest BCUT2D eigenvalue weighted by molar-refractivity contribution is 1.47. The predicted molar refractivity (Wildman–Crippen MR) is 64.1 cm³/mol. The molecule has 70 valence electrons. The minimum Gasteiger partial charge on any atom is -0.143 e. The summed E-state index contributed by atoms with van der Waals surface area (Å²) >= 11 is 10.4. The van der Waals surface area contributed by atoms with Crippen molar-refractivity contribution in [3.8, 4) is 11.1 Å². The van der Waals surface area contributed by atoms with Crippen molar-refractivity contribution in [2.75, 3.05) is 0 Å². The molecule has 0 amide bonds. The standard InChI is InChI=1S/C12H9ClS/c13-12-7-6-10(14)8-11(12)9-4-2-1-3-5-9/h1-8,14H. The van der Waals surface area contributed by atoms with Crippen LogP contribution in [-0.4, -0.2) is 0 Å². The van der Waals surface area contributed by atoms with Crippen molar-refractivity contribution in [3.05, 3.63) is 53.6 Å². The van der Waals surface area contributed by atoms with Gasteiger partial charge in [-0.1, -0.05) is 41.9 Å². The second-order valence-corrected chi connectivity index (χ2v) is 3.95. The molecule has 0 heterocycles. The molecular formula is C12H9ClS. The Labute approximate surface area is 93.9 Å². The van der Waals surface area contributed by atoms with Crippen LogP contribution in [0.1, 0.15) is 0 Å². The molecule has 0 aromatic heterocycles. The van der Waals surface area contributed by atoms with Crippen molar-refractivity contribution in [2.24, 2.45) is 0 Å². The van der Waals surface area contributed by atoms with Crippen LogP contribution >= 0.6 is 24.2 Å². The molecule has 0 unspecified atom stereocenters. The molecule has 0 radical (unpaired) electrons. The molecule has 0 bridgehead atoms. The highest BCUT2D eigenvalue weighted by Gasteiger charge is 2.02. The molecule has 0 fully saturated rings. The topological polar surface area (TPSA) is 0 Å². The van der Waals surface area contributed by atoms with Gasteiger partial charge in [-0.3, -0.25) is 0 Å². The smallest absolute Gasteiger partial charge is 0.0485 e. The number of rotatable bonds is 1. The van der Waals surface area contributed by atoms with Crippen LogP contribution in [0.4, 0.5) is 0 Å². The van der Waals surface area contributed by atoms with Crippen molar-refractivity contribution in [1.29, 1.82) is 0 Å². The highest BCUT2D eigenvalue weighted by Crippen LogP contribution is 2.29. The molecule has 0 saturated carbocycles. The third kappa shape index (κ3) is 1.94. The van der Waals surface area contributed by atoms with E-state index < -0.39 is 0 Å². The summed E-state index contributed by atoms with van der Waals surface area (Å²) < 4.78 is 0. The first-order chi connectivity index (χ1) is 6.77. The third-order valence-electron chi connectivity index (χ3n) is 2.03. The lowest BCUT2D eigenvalue weighted by Crippen LogP contribution is -1.79. The minimum absolute atomic E-state index is 0.758. The van der Waals surface area contributed by atoms with Gasteiger partial charge in [0.05, 0.1) is 0 Å². The van der Waals surface area contributed by atoms with E-state index in [1.165, 1.54) is 0 Å². The molecule has 0 saturated heterocycles. The summed E-state index contributed by atoms with van der Waals surface area (Å²) in [5, 5.41) is 0.758. The van der Waals surface area contributed by atoms with E-state index in [4.69, 9.17) is 11.6 Å². The summed E-state index contributed by atoms with van der Waals surface area (Å²) in [7, 11) is 0. The van der Waals surface area contributed by atoms with Crippen molar-refractivity contribution in [3.63, 3.8) is 0 Å². The van der Waals surface area contributed by atoms with E-state index >= 15 is 0 Å². The molecule has 0 nitrogen and oxygen atoms in total. The maximum absolute atomic E-state index is 6.10. The van der Waals surface area contributed by atoms with Gasteiger partial charge in [0.25, 0.3) is 0 Å². The van der Waals surface area contributed by atoms with Gasteiger partial charge in [-0.2, -0.15) is 0 Å². The largest absolute Gasteiger partial charge is 0.143 e. The summed E-state index contributed by atoms with van der Waals surface area (Å²) in [6.07, 6.45) is 0. The summed E-state index contributed by atoms with van der Waals surface area (Å²) in [5.41, 5.74) is 2.15. The molecule has 0 aliphatic rings. The van der Waals surface area contributed by atoms with Crippen LogP contribution in [0.25, 0.3) is 11.1 Å². The van der Waals surface area contributed by atoms with Crippen LogP contribution in [0.3, 0.4) is 0 Å². The van der Waals surface area contributed by atoms with Gasteiger partial charge < -0.3 is 0 Å². The number of hydrogen-bond acceptors (Lipinski definition) is 1. The monoisotopic (exact) mass is 220 g/mol. The van der Waals surface area contributed by atoms with E-state index in [-0.39, 0.29) is 0 Å². The molecule has 0 N–H and O–H groups in total. The zero-order valence-electron chi connectivity index (χ0n) is 7.44. The van der Waals surface area contributed by atoms with Gasteiger partial charge in [-0.15, -0.1) is 12.6 Å². The molecule has 14 heavy (non-hydrogen) atoms. The Kier molecular flexibility index (Phi) is 2.80. The quantitative estimate of drug-likeness (QED) is 0.681. The van der Waals surface area contributed by atoms with Gasteiger partial charge in [0.1, 0.15) is 0 Å². The number of thiol groups is 1. The van der Waals surface area contributed by atoms with Crippen LogP contribution in [0, 0.1) is 0 Å². The van der Waals surface area contributed by atoms with E-state index in [0.717, 1.165) is 21.0 Å². The van der Waals surface area contributed by atoms with Gasteiger partial charge in [-0.05, 0) is 23.8 Å². The van der Waals surface area contributed by atoms with Crippen molar-refractivity contribution in [1.82, 2.24) is 0 Å². The molecule has 0 aliphatic heterocycles. The maximum Gasteiger partial charge on any atom is 0.0485 e. The normalized spacial score (nSPS) is 10.1. The predicted octanol–water partition coefficient (Wildman–Crippen LogP) is 4.30. The summed E-state index contributed by atoms with van der Waals surface area (Å²) in [6, 6.07) is 15.8. The fourth-order valence-corrected chi connectivity index (χ4v) is 1.78. The molecule has 2 aromatic rings. The van der Waals surface area contributed by atoms with Gasteiger partial charge in [-0.25, -0.2) is 0 Å². The van der Waals surface area contributed by atoms with E-state index in [0.29, 0.717) is 0 Å². The van der Waals surface area contributed by atoms with Crippen molar-refractivity contribution >= 4 is 24.2 Å². The lowest BCUT2D eigenvalue weighted by Gasteiger charge is -2.04. The van der Waals surface area contributed by atoms with Crippen LogP contribution in [0.5, 0.6) is 0 Å². The SMILES string of the molecule is Sc1ccc(Cl)c(-c2ccccc2)c1. The Hall–Kier alpha value is -0.920. The highest BCUT2D eigenvalue weighted by atomic mass is 35.5. The first kappa shape index (κ1) is 9.63. The number of hydrogen-bond donors (Lipinski definition) is 1. The van der Waals surface area contributed by atoms with E-state index in [1.807, 2.05) is 48.5 Å². The fourth-order valence-electron chi connectivity index (χ4n) is 1.35. The average molecular weight is 221 g/mol. The zero-order valence-corrected chi connectivity index (χ0v) is 9.09. The first-order valence-electron chi connectivity index (χ1n) is 4.31. The average Bonchev–Trinajstić information content (AvgIpc) is 2.23.